The summed E-state index contributed by atoms with van der Waals surface area (Å²) in [5, 5.41) is 2.76. The number of carbonyl (C=O) groups excluding carboxylic acids is 3. The summed E-state index contributed by atoms with van der Waals surface area (Å²) in [6, 6.07) is 0. The van der Waals surface area contributed by atoms with Crippen molar-refractivity contribution in [1.82, 2.24) is 4.98 Å². The summed E-state index contributed by atoms with van der Waals surface area (Å²) in [5.41, 5.74) is 0.497. The number of aromatic nitrogens is 1. The van der Waals surface area contributed by atoms with E-state index in [0.717, 1.165) is 11.3 Å². The molecule has 0 aliphatic heterocycles. The smallest absolute Gasteiger partial charge is 0.350 e. The lowest BCUT2D eigenvalue weighted by Crippen LogP contribution is -2.14. The zero-order valence-electron chi connectivity index (χ0n) is 10.4. The Balaban J connectivity index is 2.75. The number of hydrogen-bond donors (Lipinski definition) is 1. The second-order valence-corrected chi connectivity index (χ2v) is 4.58. The minimum Gasteiger partial charge on any atom is -0.462 e. The highest BCUT2D eigenvalue weighted by molar-refractivity contribution is 7.17. The van der Waals surface area contributed by atoms with Crippen LogP contribution < -0.4 is 5.32 Å². The van der Waals surface area contributed by atoms with E-state index in [1.807, 2.05) is 0 Å². The fourth-order valence-electron chi connectivity index (χ4n) is 1.23. The predicted octanol–water partition coefficient (Wildman–Crippen LogP) is 1.55. The lowest BCUT2D eigenvalue weighted by molar-refractivity contribution is -0.124. The maximum atomic E-state index is 11.5. The SMILES string of the molecule is CCOC(=O)c1sc(NC(=O)CC(C)=O)nc1C. The number of nitrogens with zero attached hydrogens (tertiary/aromatic N) is 1. The first-order valence-electron chi connectivity index (χ1n) is 5.37. The van der Waals surface area contributed by atoms with E-state index < -0.39 is 11.9 Å². The first kappa shape index (κ1) is 14.3. The van der Waals surface area contributed by atoms with Gasteiger partial charge < -0.3 is 10.1 Å². The number of rotatable bonds is 5. The van der Waals surface area contributed by atoms with Crippen LogP contribution in [0, 0.1) is 6.92 Å². The summed E-state index contributed by atoms with van der Waals surface area (Å²) in [4.78, 5) is 38.0. The van der Waals surface area contributed by atoms with Gasteiger partial charge in [0, 0.05) is 0 Å². The number of amides is 1. The molecule has 6 nitrogen and oxygen atoms in total. The number of thiazole rings is 1. The highest BCUT2D eigenvalue weighted by atomic mass is 32.1. The zero-order chi connectivity index (χ0) is 13.7. The van der Waals surface area contributed by atoms with Crippen LogP contribution >= 0.6 is 11.3 Å². The maximum absolute atomic E-state index is 11.5. The second kappa shape index (κ2) is 6.25. The number of nitrogens with one attached hydrogen (secondary N) is 1. The molecule has 0 aromatic carbocycles. The third kappa shape index (κ3) is 3.92. The Morgan fingerprint density at radius 1 is 1.39 bits per heavy atom. The van der Waals surface area contributed by atoms with Crippen molar-refractivity contribution in [3.8, 4) is 0 Å². The summed E-state index contributed by atoms with van der Waals surface area (Å²) in [6.45, 7) is 4.98. The summed E-state index contributed by atoms with van der Waals surface area (Å²) < 4.78 is 4.86. The standard InChI is InChI=1S/C11H14N2O4S/c1-4-17-10(16)9-7(3)12-11(18-9)13-8(15)5-6(2)14/h4-5H2,1-3H3,(H,12,13,15). The molecule has 0 atom stereocenters. The van der Waals surface area contributed by atoms with Crippen LogP contribution in [0.3, 0.4) is 0 Å². The summed E-state index contributed by atoms with van der Waals surface area (Å²) in [6.07, 6.45) is -0.201. The van der Waals surface area contributed by atoms with E-state index >= 15 is 0 Å². The molecule has 7 heteroatoms. The number of carbonyl (C=O) groups is 3. The van der Waals surface area contributed by atoms with E-state index in [1.54, 1.807) is 13.8 Å². The average molecular weight is 270 g/mol. The Morgan fingerprint density at radius 3 is 2.61 bits per heavy atom. The zero-order valence-corrected chi connectivity index (χ0v) is 11.2. The summed E-state index contributed by atoms with van der Waals surface area (Å²) in [5.74, 6) is -1.13. The van der Waals surface area contributed by atoms with E-state index in [0.29, 0.717) is 15.7 Å². The summed E-state index contributed by atoms with van der Waals surface area (Å²) in [7, 11) is 0. The van der Waals surface area contributed by atoms with E-state index in [4.69, 9.17) is 4.74 Å². The molecule has 0 spiro atoms. The molecular weight excluding hydrogens is 256 g/mol. The Morgan fingerprint density at radius 2 is 2.06 bits per heavy atom. The van der Waals surface area contributed by atoms with Gasteiger partial charge in [0.05, 0.1) is 18.7 Å². The van der Waals surface area contributed by atoms with Gasteiger partial charge in [-0.3, -0.25) is 9.59 Å². The van der Waals surface area contributed by atoms with Gasteiger partial charge in [-0.2, -0.15) is 0 Å². The third-order valence-electron chi connectivity index (χ3n) is 1.91. The van der Waals surface area contributed by atoms with Gasteiger partial charge in [0.25, 0.3) is 0 Å². The number of Topliss-reactive ketones (excluding diaryl/α,β-unsaturated/α-hetero) is 1. The fourth-order valence-corrected chi connectivity index (χ4v) is 2.10. The Hall–Kier alpha value is -1.76. The van der Waals surface area contributed by atoms with E-state index in [9.17, 15) is 14.4 Å². The van der Waals surface area contributed by atoms with Crippen LogP contribution in [0.5, 0.6) is 0 Å². The van der Waals surface area contributed by atoms with Crippen molar-refractivity contribution in [2.75, 3.05) is 11.9 Å². The molecule has 98 valence electrons. The third-order valence-corrected chi connectivity index (χ3v) is 2.97. The van der Waals surface area contributed by atoms with E-state index in [1.165, 1.54) is 6.92 Å². The Kier molecular flexibility index (Phi) is 4.96. The van der Waals surface area contributed by atoms with E-state index in [-0.39, 0.29) is 18.8 Å². The number of hydrogen-bond acceptors (Lipinski definition) is 6. The molecule has 0 aliphatic carbocycles. The van der Waals surface area contributed by atoms with Crippen molar-refractivity contribution in [3.05, 3.63) is 10.6 Å². The van der Waals surface area contributed by atoms with Crippen molar-refractivity contribution in [2.45, 2.75) is 27.2 Å². The number of esters is 1. The molecule has 1 heterocycles. The van der Waals surface area contributed by atoms with Crippen LogP contribution in [-0.4, -0.2) is 29.3 Å². The first-order chi connectivity index (χ1) is 8.43. The number of ketones is 1. The molecule has 0 saturated carbocycles. The lowest BCUT2D eigenvalue weighted by atomic mass is 10.3. The predicted molar refractivity (Wildman–Crippen MR) is 66.7 cm³/mol. The monoisotopic (exact) mass is 270 g/mol. The largest absolute Gasteiger partial charge is 0.462 e. The van der Waals surface area contributed by atoms with Crippen molar-refractivity contribution in [2.24, 2.45) is 0 Å². The van der Waals surface area contributed by atoms with E-state index in [2.05, 4.69) is 10.3 Å². The highest BCUT2D eigenvalue weighted by Crippen LogP contribution is 2.23. The van der Waals surface area contributed by atoms with Crippen molar-refractivity contribution in [1.29, 1.82) is 0 Å². The van der Waals surface area contributed by atoms with Crippen molar-refractivity contribution < 1.29 is 19.1 Å². The summed E-state index contributed by atoms with van der Waals surface area (Å²) >= 11 is 1.03. The molecule has 0 unspecified atom stereocenters. The van der Waals surface area contributed by atoms with Crippen LogP contribution in [0.4, 0.5) is 5.13 Å². The molecule has 0 saturated heterocycles. The molecule has 0 radical (unpaired) electrons. The van der Waals surface area contributed by atoms with Crippen LogP contribution in [0.2, 0.25) is 0 Å². The molecule has 0 fully saturated rings. The Labute approximate surface area is 108 Å². The topological polar surface area (TPSA) is 85.4 Å². The second-order valence-electron chi connectivity index (χ2n) is 3.58. The van der Waals surface area contributed by atoms with Crippen molar-refractivity contribution in [3.63, 3.8) is 0 Å². The molecular formula is C11H14N2O4S. The molecule has 1 N–H and O–H groups in total. The minimum atomic E-state index is -0.459. The van der Waals surface area contributed by atoms with Gasteiger partial charge in [-0.15, -0.1) is 0 Å². The van der Waals surface area contributed by atoms with Gasteiger partial charge in [0.15, 0.2) is 5.13 Å². The molecule has 0 bridgehead atoms. The van der Waals surface area contributed by atoms with Gasteiger partial charge in [-0.05, 0) is 20.8 Å². The molecule has 18 heavy (non-hydrogen) atoms. The first-order valence-corrected chi connectivity index (χ1v) is 6.19. The minimum absolute atomic E-state index is 0.201. The van der Waals surface area contributed by atoms with Gasteiger partial charge in [0.1, 0.15) is 10.7 Å². The molecule has 0 aliphatic rings. The van der Waals surface area contributed by atoms with Crippen LogP contribution in [0.1, 0.15) is 35.6 Å². The molecule has 1 aromatic heterocycles. The average Bonchev–Trinajstić information content (AvgIpc) is 2.58. The van der Waals surface area contributed by atoms with Crippen LogP contribution in [0.25, 0.3) is 0 Å². The fraction of sp³-hybridized carbons (Fsp3) is 0.455. The van der Waals surface area contributed by atoms with Gasteiger partial charge >= 0.3 is 5.97 Å². The van der Waals surface area contributed by atoms with Gasteiger partial charge in [0.2, 0.25) is 5.91 Å². The number of aryl methyl sites for hydroxylation is 1. The number of anilines is 1. The quantitative estimate of drug-likeness (QED) is 0.648. The van der Waals surface area contributed by atoms with Crippen molar-refractivity contribution >= 4 is 34.1 Å². The normalized spacial score (nSPS) is 9.94. The van der Waals surface area contributed by atoms with Gasteiger partial charge in [-0.1, -0.05) is 11.3 Å². The maximum Gasteiger partial charge on any atom is 0.350 e. The van der Waals surface area contributed by atoms with Gasteiger partial charge in [-0.25, -0.2) is 9.78 Å². The van der Waals surface area contributed by atoms with Crippen LogP contribution in [0.15, 0.2) is 0 Å². The lowest BCUT2D eigenvalue weighted by Gasteiger charge is -1.98. The molecule has 1 amide bonds. The van der Waals surface area contributed by atoms with Crippen LogP contribution in [-0.2, 0) is 14.3 Å². The molecule has 1 aromatic rings. The Bertz CT molecular complexity index is 481. The molecule has 1 rings (SSSR count). The number of ether oxygens (including phenoxy) is 1. The highest BCUT2D eigenvalue weighted by Gasteiger charge is 2.17.